The lowest BCUT2D eigenvalue weighted by atomic mass is 10.2. The predicted molar refractivity (Wildman–Crippen MR) is 71.4 cm³/mol. The molecule has 0 aromatic carbocycles. The van der Waals surface area contributed by atoms with Crippen molar-refractivity contribution in [3.05, 3.63) is 24.5 Å². The Morgan fingerprint density at radius 2 is 2.29 bits per heavy atom. The first-order valence-electron chi connectivity index (χ1n) is 5.17. The highest BCUT2D eigenvalue weighted by molar-refractivity contribution is 5.85. The summed E-state index contributed by atoms with van der Waals surface area (Å²) < 4.78 is 10.9. The molecule has 1 saturated heterocycles. The smallest absolute Gasteiger partial charge is 0.137 e. The molecule has 0 aliphatic carbocycles. The van der Waals surface area contributed by atoms with E-state index in [1.165, 1.54) is 0 Å². The second-order valence-electron chi connectivity index (χ2n) is 3.70. The number of hydrogen-bond acceptors (Lipinski definition) is 4. The van der Waals surface area contributed by atoms with Crippen LogP contribution in [0.1, 0.15) is 6.42 Å². The van der Waals surface area contributed by atoms with Crippen LogP contribution in [0.25, 0.3) is 0 Å². The number of hydrogen-bond donors (Lipinski definition) is 1. The van der Waals surface area contributed by atoms with Crippen LogP contribution in [0, 0.1) is 0 Å². The van der Waals surface area contributed by atoms with Crippen LogP contribution < -0.4 is 10.1 Å². The molecule has 0 amide bonds. The van der Waals surface area contributed by atoms with E-state index >= 15 is 0 Å². The molecule has 6 heteroatoms. The fourth-order valence-corrected chi connectivity index (χ4v) is 1.72. The molecule has 1 aromatic rings. The summed E-state index contributed by atoms with van der Waals surface area (Å²) in [4.78, 5) is 3.99. The molecule has 17 heavy (non-hydrogen) atoms. The fourth-order valence-electron chi connectivity index (χ4n) is 1.72. The van der Waals surface area contributed by atoms with Crippen LogP contribution in [-0.4, -0.2) is 37.4 Å². The van der Waals surface area contributed by atoms with Gasteiger partial charge in [-0.15, -0.1) is 24.8 Å². The quantitative estimate of drug-likeness (QED) is 0.912. The molecule has 1 fully saturated rings. The second-order valence-corrected chi connectivity index (χ2v) is 3.70. The number of nitrogens with zero attached hydrogens (tertiary/aromatic N) is 1. The summed E-state index contributed by atoms with van der Waals surface area (Å²) in [6.45, 7) is 1.59. The van der Waals surface area contributed by atoms with Crippen molar-refractivity contribution in [1.29, 1.82) is 0 Å². The number of methoxy groups -OCH3 is 1. The van der Waals surface area contributed by atoms with Crippen molar-refractivity contribution in [1.82, 2.24) is 10.3 Å². The van der Waals surface area contributed by atoms with E-state index < -0.39 is 0 Å². The molecule has 4 nitrogen and oxygen atoms in total. The summed E-state index contributed by atoms with van der Waals surface area (Å²) in [5, 5.41) is 3.36. The predicted octanol–water partition coefficient (Wildman–Crippen LogP) is 1.68. The van der Waals surface area contributed by atoms with E-state index in [2.05, 4.69) is 10.3 Å². The van der Waals surface area contributed by atoms with Crippen molar-refractivity contribution in [2.24, 2.45) is 0 Å². The van der Waals surface area contributed by atoms with Crippen LogP contribution >= 0.6 is 24.8 Å². The van der Waals surface area contributed by atoms with Crippen LogP contribution in [0.4, 0.5) is 0 Å². The van der Waals surface area contributed by atoms with Gasteiger partial charge < -0.3 is 14.8 Å². The van der Waals surface area contributed by atoms with E-state index in [1.807, 2.05) is 12.1 Å². The lowest BCUT2D eigenvalue weighted by Crippen LogP contribution is -2.28. The SMILES string of the molecule is COC1CNC(COc2cccnc2)C1.Cl.Cl. The number of nitrogens with one attached hydrogen (secondary N) is 1. The van der Waals surface area contributed by atoms with Gasteiger partial charge in [0.2, 0.25) is 0 Å². The maximum Gasteiger partial charge on any atom is 0.137 e. The maximum absolute atomic E-state index is 5.60. The van der Waals surface area contributed by atoms with Gasteiger partial charge in [0.05, 0.1) is 12.3 Å². The van der Waals surface area contributed by atoms with Crippen LogP contribution in [-0.2, 0) is 4.74 Å². The number of halogens is 2. The molecular weight excluding hydrogens is 263 g/mol. The Balaban J connectivity index is 0.00000128. The summed E-state index contributed by atoms with van der Waals surface area (Å²) in [5.74, 6) is 0.820. The Hall–Kier alpha value is -0.550. The normalized spacial score (nSPS) is 22.4. The Bertz CT molecular complexity index is 301. The van der Waals surface area contributed by atoms with Crippen molar-refractivity contribution < 1.29 is 9.47 Å². The van der Waals surface area contributed by atoms with Gasteiger partial charge in [0.1, 0.15) is 12.4 Å². The molecule has 1 aromatic heterocycles. The molecule has 98 valence electrons. The standard InChI is InChI=1S/C11H16N2O2.2ClH/c1-14-11-5-9(13-7-11)8-15-10-3-2-4-12-6-10;;/h2-4,6,9,11,13H,5,7-8H2,1H3;2*1H. The summed E-state index contributed by atoms with van der Waals surface area (Å²) in [5.41, 5.74) is 0. The van der Waals surface area contributed by atoms with Gasteiger partial charge >= 0.3 is 0 Å². The molecule has 0 bridgehead atoms. The minimum atomic E-state index is 0. The Labute approximate surface area is 114 Å². The van der Waals surface area contributed by atoms with Crippen molar-refractivity contribution in [3.63, 3.8) is 0 Å². The lowest BCUT2D eigenvalue weighted by molar-refractivity contribution is 0.115. The van der Waals surface area contributed by atoms with Crippen LogP contribution in [0.15, 0.2) is 24.5 Å². The molecule has 2 rings (SSSR count). The average Bonchev–Trinajstić information content (AvgIpc) is 2.76. The molecule has 2 atom stereocenters. The van der Waals surface area contributed by atoms with Gasteiger partial charge in [0, 0.05) is 25.9 Å². The third-order valence-corrected chi connectivity index (χ3v) is 2.60. The van der Waals surface area contributed by atoms with E-state index in [0.717, 1.165) is 18.7 Å². The molecule has 1 aliphatic rings. The first-order chi connectivity index (χ1) is 7.38. The zero-order chi connectivity index (χ0) is 10.5. The Morgan fingerprint density at radius 1 is 1.47 bits per heavy atom. The molecule has 1 aliphatic heterocycles. The van der Waals surface area contributed by atoms with Gasteiger partial charge in [-0.3, -0.25) is 4.98 Å². The van der Waals surface area contributed by atoms with Gasteiger partial charge in [-0.2, -0.15) is 0 Å². The second kappa shape index (κ2) is 8.53. The summed E-state index contributed by atoms with van der Waals surface area (Å²) in [7, 11) is 1.75. The van der Waals surface area contributed by atoms with Crippen LogP contribution in [0.5, 0.6) is 5.75 Å². The van der Waals surface area contributed by atoms with E-state index in [4.69, 9.17) is 9.47 Å². The highest BCUT2D eigenvalue weighted by Gasteiger charge is 2.23. The minimum absolute atomic E-state index is 0. The van der Waals surface area contributed by atoms with Gasteiger partial charge in [-0.25, -0.2) is 0 Å². The molecular formula is C11H18Cl2N2O2. The summed E-state index contributed by atoms with van der Waals surface area (Å²) >= 11 is 0. The van der Waals surface area contributed by atoms with Crippen LogP contribution in [0.3, 0.4) is 0 Å². The molecule has 0 radical (unpaired) electrons. The highest BCUT2D eigenvalue weighted by atomic mass is 35.5. The third kappa shape index (κ3) is 5.08. The van der Waals surface area contributed by atoms with Crippen molar-refractivity contribution in [2.45, 2.75) is 18.6 Å². The van der Waals surface area contributed by atoms with E-state index in [1.54, 1.807) is 19.5 Å². The Kier molecular flexibility index (Phi) is 8.25. The maximum atomic E-state index is 5.60. The number of aromatic nitrogens is 1. The van der Waals surface area contributed by atoms with Gasteiger partial charge in [0.25, 0.3) is 0 Å². The van der Waals surface area contributed by atoms with Crippen molar-refractivity contribution in [2.75, 3.05) is 20.3 Å². The fraction of sp³-hybridized carbons (Fsp3) is 0.545. The third-order valence-electron chi connectivity index (χ3n) is 2.60. The minimum Gasteiger partial charge on any atom is -0.490 e. The molecule has 2 heterocycles. The molecule has 1 N–H and O–H groups in total. The van der Waals surface area contributed by atoms with Crippen molar-refractivity contribution in [3.8, 4) is 5.75 Å². The summed E-state index contributed by atoms with van der Waals surface area (Å²) in [6.07, 6.45) is 4.80. The molecule has 0 saturated carbocycles. The van der Waals surface area contributed by atoms with Gasteiger partial charge in [-0.05, 0) is 18.6 Å². The Morgan fingerprint density at radius 3 is 2.88 bits per heavy atom. The van der Waals surface area contributed by atoms with E-state index in [0.29, 0.717) is 18.8 Å². The average molecular weight is 281 g/mol. The number of rotatable bonds is 4. The lowest BCUT2D eigenvalue weighted by Gasteiger charge is -2.11. The van der Waals surface area contributed by atoms with Gasteiger partial charge in [-0.1, -0.05) is 0 Å². The number of ether oxygens (including phenoxy) is 2. The first kappa shape index (κ1) is 16.4. The largest absolute Gasteiger partial charge is 0.490 e. The zero-order valence-corrected chi connectivity index (χ0v) is 11.3. The van der Waals surface area contributed by atoms with Gasteiger partial charge in [0.15, 0.2) is 0 Å². The van der Waals surface area contributed by atoms with E-state index in [9.17, 15) is 0 Å². The summed E-state index contributed by atoms with van der Waals surface area (Å²) in [6, 6.07) is 4.17. The van der Waals surface area contributed by atoms with E-state index in [-0.39, 0.29) is 24.8 Å². The topological polar surface area (TPSA) is 43.4 Å². The first-order valence-corrected chi connectivity index (χ1v) is 5.17. The molecule has 0 spiro atoms. The highest BCUT2D eigenvalue weighted by Crippen LogP contribution is 2.12. The van der Waals surface area contributed by atoms with Crippen molar-refractivity contribution >= 4 is 24.8 Å². The molecule has 2 unspecified atom stereocenters. The van der Waals surface area contributed by atoms with Crippen LogP contribution in [0.2, 0.25) is 0 Å². The number of pyridine rings is 1. The monoisotopic (exact) mass is 280 g/mol. The zero-order valence-electron chi connectivity index (χ0n) is 9.67.